The number of H-pyrrole nitrogens is 1. The molecule has 0 aliphatic carbocycles. The molecule has 26 heavy (non-hydrogen) atoms. The third kappa shape index (κ3) is 3.10. The fourth-order valence-electron chi connectivity index (χ4n) is 3.56. The summed E-state index contributed by atoms with van der Waals surface area (Å²) in [5.41, 5.74) is 1.96. The smallest absolute Gasteiger partial charge is 0.270 e. The van der Waals surface area contributed by atoms with Crippen molar-refractivity contribution in [1.29, 1.82) is 0 Å². The Morgan fingerprint density at radius 1 is 1.19 bits per heavy atom. The normalized spacial score (nSPS) is 15.3. The molecule has 1 saturated heterocycles. The number of benzene rings is 1. The molecule has 1 amide bonds. The Kier molecular flexibility index (Phi) is 4.24. The van der Waals surface area contributed by atoms with Crippen LogP contribution in [0.3, 0.4) is 0 Å². The molecule has 1 N–H and O–H groups in total. The molecule has 6 heteroatoms. The molecule has 0 atom stereocenters. The second kappa shape index (κ2) is 6.71. The largest absolute Gasteiger partial charge is 0.350 e. The zero-order valence-electron chi connectivity index (χ0n) is 14.6. The number of aromatic amines is 1. The summed E-state index contributed by atoms with van der Waals surface area (Å²) in [6, 6.07) is 10.6. The molecular formula is C20H20N4O2. The van der Waals surface area contributed by atoms with Gasteiger partial charge in [-0.15, -0.1) is 0 Å². The summed E-state index contributed by atoms with van der Waals surface area (Å²) in [5, 5.41) is 0.599. The number of piperidine rings is 1. The lowest BCUT2D eigenvalue weighted by atomic mass is 9.93. The minimum absolute atomic E-state index is 0.120. The van der Waals surface area contributed by atoms with E-state index in [1.807, 2.05) is 36.1 Å². The van der Waals surface area contributed by atoms with Gasteiger partial charge < -0.3 is 9.88 Å². The van der Waals surface area contributed by atoms with Crippen molar-refractivity contribution in [3.05, 3.63) is 70.0 Å². The van der Waals surface area contributed by atoms with Crippen LogP contribution in [0.15, 0.2) is 47.4 Å². The van der Waals surface area contributed by atoms with E-state index in [1.165, 1.54) is 6.07 Å². The zero-order valence-corrected chi connectivity index (χ0v) is 14.6. The standard InChI is InChI=1S/C20H20N4O2/c1-13-21-9-6-16(22-13)14-7-10-24(11-8-14)20(26)18-12-19(25)15-4-2-3-5-17(15)23-18/h2-6,9,12,14H,7-8,10-11H2,1H3,(H,23,25). The van der Waals surface area contributed by atoms with E-state index in [4.69, 9.17) is 0 Å². The number of amides is 1. The van der Waals surface area contributed by atoms with Gasteiger partial charge in [-0.3, -0.25) is 9.59 Å². The summed E-state index contributed by atoms with van der Waals surface area (Å²) >= 11 is 0. The van der Waals surface area contributed by atoms with Gasteiger partial charge in [-0.1, -0.05) is 12.1 Å². The third-order valence-electron chi connectivity index (χ3n) is 4.97. The number of aryl methyl sites for hydroxylation is 1. The first-order chi connectivity index (χ1) is 12.6. The molecule has 3 heterocycles. The first-order valence-corrected chi connectivity index (χ1v) is 8.83. The number of aromatic nitrogens is 3. The lowest BCUT2D eigenvalue weighted by Gasteiger charge is -2.31. The molecule has 0 spiro atoms. The van der Waals surface area contributed by atoms with Crippen LogP contribution in [0.2, 0.25) is 0 Å². The summed E-state index contributed by atoms with van der Waals surface area (Å²) in [5.74, 6) is 0.997. The molecule has 6 nitrogen and oxygen atoms in total. The van der Waals surface area contributed by atoms with E-state index in [1.54, 1.807) is 12.3 Å². The van der Waals surface area contributed by atoms with Gasteiger partial charge in [-0.05, 0) is 38.0 Å². The van der Waals surface area contributed by atoms with E-state index in [0.717, 1.165) is 24.4 Å². The van der Waals surface area contributed by atoms with Gasteiger partial charge in [0.1, 0.15) is 11.5 Å². The number of nitrogens with one attached hydrogen (secondary N) is 1. The Hall–Kier alpha value is -3.02. The highest BCUT2D eigenvalue weighted by atomic mass is 16.2. The van der Waals surface area contributed by atoms with Crippen LogP contribution in [0.25, 0.3) is 10.9 Å². The summed E-state index contributed by atoms with van der Waals surface area (Å²) in [6.45, 7) is 3.20. The highest BCUT2D eigenvalue weighted by Gasteiger charge is 2.26. The van der Waals surface area contributed by atoms with Crippen LogP contribution in [0.1, 0.15) is 40.8 Å². The molecule has 132 valence electrons. The quantitative estimate of drug-likeness (QED) is 0.772. The van der Waals surface area contributed by atoms with E-state index in [2.05, 4.69) is 15.0 Å². The molecule has 1 aromatic carbocycles. The van der Waals surface area contributed by atoms with Gasteiger partial charge in [-0.2, -0.15) is 0 Å². The molecule has 0 unspecified atom stereocenters. The molecule has 1 aliphatic rings. The zero-order chi connectivity index (χ0) is 18.1. The second-order valence-electron chi connectivity index (χ2n) is 6.69. The number of carbonyl (C=O) groups is 1. The SMILES string of the molecule is Cc1nccc(C2CCN(C(=O)c3cc(=O)c4ccccc4[nH]3)CC2)n1. The van der Waals surface area contributed by atoms with Crippen LogP contribution in [0.4, 0.5) is 0 Å². The van der Waals surface area contributed by atoms with E-state index >= 15 is 0 Å². The Morgan fingerprint density at radius 3 is 2.73 bits per heavy atom. The number of nitrogens with zero attached hydrogens (tertiary/aromatic N) is 3. The van der Waals surface area contributed by atoms with E-state index in [-0.39, 0.29) is 11.3 Å². The second-order valence-corrected chi connectivity index (χ2v) is 6.69. The maximum atomic E-state index is 12.8. The molecule has 1 aliphatic heterocycles. The number of fused-ring (bicyclic) bond motifs is 1. The van der Waals surface area contributed by atoms with Crippen molar-refractivity contribution < 1.29 is 4.79 Å². The molecule has 1 fully saturated rings. The highest BCUT2D eigenvalue weighted by molar-refractivity contribution is 5.94. The van der Waals surface area contributed by atoms with Crippen molar-refractivity contribution in [2.45, 2.75) is 25.7 Å². The van der Waals surface area contributed by atoms with Gasteiger partial charge in [0.25, 0.3) is 5.91 Å². The lowest BCUT2D eigenvalue weighted by molar-refractivity contribution is 0.0706. The van der Waals surface area contributed by atoms with Crippen molar-refractivity contribution in [2.75, 3.05) is 13.1 Å². The van der Waals surface area contributed by atoms with Crippen molar-refractivity contribution in [3.8, 4) is 0 Å². The van der Waals surface area contributed by atoms with Crippen LogP contribution >= 0.6 is 0 Å². The Balaban J connectivity index is 1.51. The van der Waals surface area contributed by atoms with Gasteiger partial charge in [0.05, 0.1) is 0 Å². The van der Waals surface area contributed by atoms with Crippen molar-refractivity contribution in [1.82, 2.24) is 19.9 Å². The minimum atomic E-state index is -0.131. The molecule has 3 aromatic rings. The third-order valence-corrected chi connectivity index (χ3v) is 4.97. The highest BCUT2D eigenvalue weighted by Crippen LogP contribution is 2.27. The summed E-state index contributed by atoms with van der Waals surface area (Å²) in [7, 11) is 0. The lowest BCUT2D eigenvalue weighted by Crippen LogP contribution is -2.38. The maximum absolute atomic E-state index is 12.8. The number of pyridine rings is 1. The summed E-state index contributed by atoms with van der Waals surface area (Å²) in [6.07, 6.45) is 3.51. The van der Waals surface area contributed by atoms with Crippen LogP contribution in [-0.2, 0) is 0 Å². The van der Waals surface area contributed by atoms with Crippen LogP contribution in [0.5, 0.6) is 0 Å². The van der Waals surface area contributed by atoms with E-state index < -0.39 is 0 Å². The van der Waals surface area contributed by atoms with Crippen molar-refractivity contribution in [2.24, 2.45) is 0 Å². The minimum Gasteiger partial charge on any atom is -0.350 e. The predicted molar refractivity (Wildman–Crippen MR) is 99.2 cm³/mol. The molecule has 0 saturated carbocycles. The Labute approximate surface area is 150 Å². The average Bonchev–Trinajstić information content (AvgIpc) is 2.67. The Morgan fingerprint density at radius 2 is 1.96 bits per heavy atom. The number of para-hydroxylation sites is 1. The molecule has 0 bridgehead atoms. The number of carbonyl (C=O) groups excluding carboxylic acids is 1. The van der Waals surface area contributed by atoms with Gasteiger partial charge >= 0.3 is 0 Å². The topological polar surface area (TPSA) is 79.0 Å². The van der Waals surface area contributed by atoms with Crippen LogP contribution < -0.4 is 5.43 Å². The van der Waals surface area contributed by atoms with Gasteiger partial charge in [0, 0.05) is 47.9 Å². The van der Waals surface area contributed by atoms with Crippen LogP contribution in [-0.4, -0.2) is 38.8 Å². The number of likely N-dealkylation sites (tertiary alicyclic amines) is 1. The average molecular weight is 348 g/mol. The molecule has 0 radical (unpaired) electrons. The fraction of sp³-hybridized carbons (Fsp3) is 0.300. The first kappa shape index (κ1) is 16.4. The van der Waals surface area contributed by atoms with Gasteiger partial charge in [0.2, 0.25) is 0 Å². The predicted octanol–water partition coefficient (Wildman–Crippen LogP) is 2.65. The number of hydrogen-bond donors (Lipinski definition) is 1. The van der Waals surface area contributed by atoms with Gasteiger partial charge in [0.15, 0.2) is 5.43 Å². The van der Waals surface area contributed by atoms with E-state index in [9.17, 15) is 9.59 Å². The monoisotopic (exact) mass is 348 g/mol. The Bertz CT molecular complexity index is 1020. The first-order valence-electron chi connectivity index (χ1n) is 8.83. The molecule has 4 rings (SSSR count). The molecule has 2 aromatic heterocycles. The molecular weight excluding hydrogens is 328 g/mol. The van der Waals surface area contributed by atoms with Crippen LogP contribution in [0, 0.1) is 6.92 Å². The van der Waals surface area contributed by atoms with Crippen molar-refractivity contribution >= 4 is 16.8 Å². The van der Waals surface area contributed by atoms with Gasteiger partial charge in [-0.25, -0.2) is 9.97 Å². The van der Waals surface area contributed by atoms with E-state index in [0.29, 0.717) is 35.6 Å². The fourth-order valence-corrected chi connectivity index (χ4v) is 3.56. The number of rotatable bonds is 2. The van der Waals surface area contributed by atoms with Crippen molar-refractivity contribution in [3.63, 3.8) is 0 Å². The maximum Gasteiger partial charge on any atom is 0.270 e. The summed E-state index contributed by atoms with van der Waals surface area (Å²) in [4.78, 5) is 38.6. The summed E-state index contributed by atoms with van der Waals surface area (Å²) < 4.78 is 0. The number of hydrogen-bond acceptors (Lipinski definition) is 4.